The normalized spacial score (nSPS) is 20.8. The smallest absolute Gasteiger partial charge is 0.143 e. The number of fused-ring (bicyclic) bond motifs is 1. The van der Waals surface area contributed by atoms with Crippen molar-refractivity contribution in [3.8, 4) is 12.3 Å². The number of ether oxygens (including phenoxy) is 1. The van der Waals surface area contributed by atoms with E-state index < -0.39 is 0 Å². The van der Waals surface area contributed by atoms with Crippen molar-refractivity contribution in [2.45, 2.75) is 12.7 Å². The van der Waals surface area contributed by atoms with Gasteiger partial charge in [-0.2, -0.15) is 0 Å². The fourth-order valence-electron chi connectivity index (χ4n) is 1.32. The fraction of sp³-hybridized carbons (Fsp3) is 0.200. The summed E-state index contributed by atoms with van der Waals surface area (Å²) in [5, 5.41) is 0. The van der Waals surface area contributed by atoms with E-state index in [2.05, 4.69) is 5.92 Å². The Morgan fingerprint density at radius 3 is 3.09 bits per heavy atom. The highest BCUT2D eigenvalue weighted by molar-refractivity contribution is 5.35. The minimum atomic E-state index is -0.119. The molecular weight excluding hydrogens is 136 g/mol. The molecule has 0 saturated carbocycles. The van der Waals surface area contributed by atoms with Gasteiger partial charge in [-0.15, -0.1) is 6.42 Å². The summed E-state index contributed by atoms with van der Waals surface area (Å²) in [6.07, 6.45) is 5.15. The van der Waals surface area contributed by atoms with Gasteiger partial charge in [-0.1, -0.05) is 30.2 Å². The number of rotatable bonds is 0. The first-order valence-electron chi connectivity index (χ1n) is 3.57. The van der Waals surface area contributed by atoms with Gasteiger partial charge in [-0.05, 0) is 11.1 Å². The standard InChI is InChI=1S/C10H8O/c1-2-10-9-6-4-3-5-8(9)7-11-10/h1,3-6,10H,7H2. The molecule has 0 aromatic heterocycles. The van der Waals surface area contributed by atoms with Crippen LogP contribution in [0.15, 0.2) is 24.3 Å². The predicted molar refractivity (Wildman–Crippen MR) is 42.8 cm³/mol. The topological polar surface area (TPSA) is 9.23 Å². The molecule has 1 unspecified atom stereocenters. The van der Waals surface area contributed by atoms with Crippen LogP contribution in [0.25, 0.3) is 0 Å². The molecule has 2 rings (SSSR count). The summed E-state index contributed by atoms with van der Waals surface area (Å²) in [7, 11) is 0. The van der Waals surface area contributed by atoms with Crippen LogP contribution in [0, 0.1) is 12.3 Å². The van der Waals surface area contributed by atoms with Crippen LogP contribution >= 0.6 is 0 Å². The Morgan fingerprint density at radius 1 is 1.45 bits per heavy atom. The second kappa shape index (κ2) is 2.41. The van der Waals surface area contributed by atoms with Crippen molar-refractivity contribution in [1.29, 1.82) is 0 Å². The molecule has 1 nitrogen and oxygen atoms in total. The molecule has 1 heterocycles. The van der Waals surface area contributed by atoms with Gasteiger partial charge in [-0.3, -0.25) is 0 Å². The van der Waals surface area contributed by atoms with E-state index in [0.717, 1.165) is 5.56 Å². The molecule has 0 fully saturated rings. The van der Waals surface area contributed by atoms with Crippen LogP contribution in [-0.4, -0.2) is 0 Å². The zero-order valence-corrected chi connectivity index (χ0v) is 6.08. The average Bonchev–Trinajstić information content (AvgIpc) is 2.47. The Labute approximate surface area is 66.0 Å². The van der Waals surface area contributed by atoms with E-state index >= 15 is 0 Å². The highest BCUT2D eigenvalue weighted by Crippen LogP contribution is 2.28. The summed E-state index contributed by atoms with van der Waals surface area (Å²) < 4.78 is 5.34. The van der Waals surface area contributed by atoms with E-state index in [0.29, 0.717) is 6.61 Å². The summed E-state index contributed by atoms with van der Waals surface area (Å²) >= 11 is 0. The minimum absolute atomic E-state index is 0.119. The van der Waals surface area contributed by atoms with Crippen molar-refractivity contribution < 1.29 is 4.74 Å². The molecule has 1 aliphatic heterocycles. The lowest BCUT2D eigenvalue weighted by atomic mass is 10.1. The molecule has 0 spiro atoms. The molecule has 1 heteroatoms. The number of hydrogen-bond acceptors (Lipinski definition) is 1. The van der Waals surface area contributed by atoms with Crippen LogP contribution in [0.2, 0.25) is 0 Å². The molecule has 0 amide bonds. The van der Waals surface area contributed by atoms with E-state index in [-0.39, 0.29) is 6.10 Å². The van der Waals surface area contributed by atoms with E-state index in [4.69, 9.17) is 11.2 Å². The third-order valence-corrected chi connectivity index (χ3v) is 1.89. The number of benzene rings is 1. The summed E-state index contributed by atoms with van der Waals surface area (Å²) in [5.74, 6) is 2.60. The van der Waals surface area contributed by atoms with Gasteiger partial charge in [0.15, 0.2) is 0 Å². The third-order valence-electron chi connectivity index (χ3n) is 1.89. The lowest BCUT2D eigenvalue weighted by Crippen LogP contribution is -1.89. The van der Waals surface area contributed by atoms with Gasteiger partial charge in [0.05, 0.1) is 6.61 Å². The molecule has 1 aliphatic rings. The first kappa shape index (κ1) is 6.45. The lowest BCUT2D eigenvalue weighted by Gasteiger charge is -1.99. The fourth-order valence-corrected chi connectivity index (χ4v) is 1.32. The largest absolute Gasteiger partial charge is 0.356 e. The minimum Gasteiger partial charge on any atom is -0.356 e. The maximum absolute atomic E-state index is 5.34. The van der Waals surface area contributed by atoms with Crippen molar-refractivity contribution >= 4 is 0 Å². The predicted octanol–water partition coefficient (Wildman–Crippen LogP) is 1.89. The van der Waals surface area contributed by atoms with Gasteiger partial charge >= 0.3 is 0 Å². The van der Waals surface area contributed by atoms with Gasteiger partial charge in [-0.25, -0.2) is 0 Å². The highest BCUT2D eigenvalue weighted by atomic mass is 16.5. The van der Waals surface area contributed by atoms with Gasteiger partial charge in [0, 0.05) is 0 Å². The lowest BCUT2D eigenvalue weighted by molar-refractivity contribution is 0.106. The average molecular weight is 144 g/mol. The van der Waals surface area contributed by atoms with Gasteiger partial charge in [0.2, 0.25) is 0 Å². The van der Waals surface area contributed by atoms with Crippen molar-refractivity contribution in [3.05, 3.63) is 35.4 Å². The third kappa shape index (κ3) is 0.923. The van der Waals surface area contributed by atoms with Crippen LogP contribution in [0.4, 0.5) is 0 Å². The zero-order chi connectivity index (χ0) is 7.68. The van der Waals surface area contributed by atoms with Crippen molar-refractivity contribution in [2.75, 3.05) is 0 Å². The SMILES string of the molecule is C#CC1OCc2ccccc21. The summed E-state index contributed by atoms with van der Waals surface area (Å²) in [6, 6.07) is 8.05. The van der Waals surface area contributed by atoms with Crippen molar-refractivity contribution in [1.82, 2.24) is 0 Å². The Balaban J connectivity index is 2.49. The van der Waals surface area contributed by atoms with E-state index in [1.807, 2.05) is 24.3 Å². The Morgan fingerprint density at radius 2 is 2.27 bits per heavy atom. The van der Waals surface area contributed by atoms with Crippen LogP contribution in [-0.2, 0) is 11.3 Å². The maximum Gasteiger partial charge on any atom is 0.143 e. The zero-order valence-electron chi connectivity index (χ0n) is 6.08. The Hall–Kier alpha value is -1.26. The van der Waals surface area contributed by atoms with Gasteiger partial charge in [0.1, 0.15) is 6.10 Å². The van der Waals surface area contributed by atoms with Gasteiger partial charge < -0.3 is 4.74 Å². The van der Waals surface area contributed by atoms with E-state index in [9.17, 15) is 0 Å². The number of hydrogen-bond donors (Lipinski definition) is 0. The Bertz CT molecular complexity index is 309. The molecule has 0 N–H and O–H groups in total. The van der Waals surface area contributed by atoms with Crippen molar-refractivity contribution in [3.63, 3.8) is 0 Å². The van der Waals surface area contributed by atoms with E-state index in [1.165, 1.54) is 5.56 Å². The second-order valence-electron chi connectivity index (χ2n) is 2.56. The first-order valence-corrected chi connectivity index (χ1v) is 3.57. The van der Waals surface area contributed by atoms with Crippen LogP contribution in [0.5, 0.6) is 0 Å². The summed E-state index contributed by atoms with van der Waals surface area (Å²) in [6.45, 7) is 0.658. The Kier molecular flexibility index (Phi) is 1.41. The monoisotopic (exact) mass is 144 g/mol. The highest BCUT2D eigenvalue weighted by Gasteiger charge is 2.19. The van der Waals surface area contributed by atoms with Gasteiger partial charge in [0.25, 0.3) is 0 Å². The molecule has 1 aromatic carbocycles. The number of terminal acetylenes is 1. The molecule has 0 aliphatic carbocycles. The quantitative estimate of drug-likeness (QED) is 0.505. The summed E-state index contributed by atoms with van der Waals surface area (Å²) in [5.41, 5.74) is 2.37. The molecular formula is C10H8O. The van der Waals surface area contributed by atoms with Crippen LogP contribution in [0.3, 0.4) is 0 Å². The molecule has 1 atom stereocenters. The van der Waals surface area contributed by atoms with Crippen LogP contribution < -0.4 is 0 Å². The molecule has 0 saturated heterocycles. The molecule has 1 aromatic rings. The van der Waals surface area contributed by atoms with Crippen LogP contribution in [0.1, 0.15) is 17.2 Å². The van der Waals surface area contributed by atoms with Crippen molar-refractivity contribution in [2.24, 2.45) is 0 Å². The maximum atomic E-state index is 5.34. The molecule has 11 heavy (non-hydrogen) atoms. The first-order chi connectivity index (χ1) is 5.42. The summed E-state index contributed by atoms with van der Waals surface area (Å²) in [4.78, 5) is 0. The second-order valence-corrected chi connectivity index (χ2v) is 2.56. The van der Waals surface area contributed by atoms with E-state index in [1.54, 1.807) is 0 Å². The molecule has 54 valence electrons. The molecule has 0 radical (unpaired) electrons. The molecule has 0 bridgehead atoms.